The fourth-order valence-corrected chi connectivity index (χ4v) is 2.90. The number of nitrogens with zero attached hydrogens (tertiary/aromatic N) is 1. The Labute approximate surface area is 115 Å². The molecule has 0 amide bonds. The maximum absolute atomic E-state index is 11.0. The van der Waals surface area contributed by atoms with Gasteiger partial charge in [-0.05, 0) is 36.8 Å². The minimum atomic E-state index is -0.337. The zero-order valence-electron chi connectivity index (χ0n) is 10.5. The zero-order chi connectivity index (χ0) is 13.3. The summed E-state index contributed by atoms with van der Waals surface area (Å²) in [6.07, 6.45) is 2.26. The van der Waals surface area contributed by atoms with Crippen molar-refractivity contribution >= 4 is 27.3 Å². The van der Waals surface area contributed by atoms with Crippen LogP contribution >= 0.6 is 15.9 Å². The molecular formula is C13H17BrN2O2. The van der Waals surface area contributed by atoms with Crippen molar-refractivity contribution in [3.63, 3.8) is 0 Å². The normalized spacial score (nSPS) is 27.2. The second kappa shape index (κ2) is 5.26. The molecule has 98 valence electrons. The molecule has 0 saturated heterocycles. The van der Waals surface area contributed by atoms with Crippen LogP contribution in [0.25, 0.3) is 0 Å². The molecule has 1 aromatic rings. The number of hydrogen-bond donors (Lipinski definition) is 1. The summed E-state index contributed by atoms with van der Waals surface area (Å²) in [6.45, 7) is 4.45. The third kappa shape index (κ3) is 2.66. The number of rotatable bonds is 3. The molecule has 5 heteroatoms. The highest BCUT2D eigenvalue weighted by Crippen LogP contribution is 2.36. The fraction of sp³-hybridized carbons (Fsp3) is 0.538. The molecule has 0 heterocycles. The Morgan fingerprint density at radius 2 is 2.11 bits per heavy atom. The number of hydrogen-bond acceptors (Lipinski definition) is 3. The first-order valence-corrected chi connectivity index (χ1v) is 6.99. The zero-order valence-corrected chi connectivity index (χ0v) is 12.1. The van der Waals surface area contributed by atoms with Crippen molar-refractivity contribution in [1.29, 1.82) is 0 Å². The molecule has 1 saturated carbocycles. The van der Waals surface area contributed by atoms with E-state index < -0.39 is 0 Å². The van der Waals surface area contributed by atoms with Gasteiger partial charge in [0.05, 0.1) is 4.92 Å². The van der Waals surface area contributed by atoms with Crippen molar-refractivity contribution in [3.05, 3.63) is 32.8 Å². The quantitative estimate of drug-likeness (QED) is 0.672. The van der Waals surface area contributed by atoms with Gasteiger partial charge in [-0.1, -0.05) is 29.8 Å². The van der Waals surface area contributed by atoms with E-state index in [-0.39, 0.29) is 10.6 Å². The van der Waals surface area contributed by atoms with E-state index in [1.807, 2.05) is 6.07 Å². The molecule has 3 atom stereocenters. The first kappa shape index (κ1) is 13.3. The molecule has 0 spiro atoms. The molecule has 0 aliphatic heterocycles. The number of nitro benzene ring substituents is 1. The van der Waals surface area contributed by atoms with E-state index in [1.165, 1.54) is 6.42 Å². The van der Waals surface area contributed by atoms with E-state index in [1.54, 1.807) is 12.1 Å². The first-order valence-electron chi connectivity index (χ1n) is 6.19. The van der Waals surface area contributed by atoms with Gasteiger partial charge in [0, 0.05) is 16.6 Å². The van der Waals surface area contributed by atoms with Gasteiger partial charge < -0.3 is 5.32 Å². The molecule has 1 fully saturated rings. The van der Waals surface area contributed by atoms with Gasteiger partial charge in [0.2, 0.25) is 0 Å². The van der Waals surface area contributed by atoms with Crippen molar-refractivity contribution < 1.29 is 4.92 Å². The van der Waals surface area contributed by atoms with Gasteiger partial charge >= 0.3 is 0 Å². The van der Waals surface area contributed by atoms with Gasteiger partial charge in [-0.25, -0.2) is 0 Å². The third-order valence-corrected chi connectivity index (χ3v) is 4.46. The second-order valence-corrected chi connectivity index (χ2v) is 6.00. The predicted molar refractivity (Wildman–Crippen MR) is 75.8 cm³/mol. The summed E-state index contributed by atoms with van der Waals surface area (Å²) in [4.78, 5) is 10.7. The summed E-state index contributed by atoms with van der Waals surface area (Å²) in [5.41, 5.74) is 0.755. The molecular weight excluding hydrogens is 296 g/mol. The van der Waals surface area contributed by atoms with E-state index in [0.717, 1.165) is 10.9 Å². The lowest BCUT2D eigenvalue weighted by atomic mass is 9.97. The van der Waals surface area contributed by atoms with Crippen LogP contribution in [0.3, 0.4) is 0 Å². The number of nitro groups is 1. The van der Waals surface area contributed by atoms with Crippen LogP contribution in [0.5, 0.6) is 0 Å². The lowest BCUT2D eigenvalue weighted by Crippen LogP contribution is -2.24. The van der Waals surface area contributed by atoms with Crippen LogP contribution in [-0.4, -0.2) is 11.0 Å². The molecule has 1 N–H and O–H groups in total. The lowest BCUT2D eigenvalue weighted by Gasteiger charge is -2.20. The highest BCUT2D eigenvalue weighted by Gasteiger charge is 2.30. The Hall–Kier alpha value is -1.10. The molecule has 1 aliphatic carbocycles. The fourth-order valence-electron chi connectivity index (χ4n) is 2.55. The van der Waals surface area contributed by atoms with Gasteiger partial charge in [0.1, 0.15) is 5.69 Å². The van der Waals surface area contributed by atoms with Crippen LogP contribution in [0.15, 0.2) is 22.7 Å². The van der Waals surface area contributed by atoms with Crippen LogP contribution in [0.1, 0.15) is 26.7 Å². The Morgan fingerprint density at radius 3 is 2.67 bits per heavy atom. The molecule has 1 aliphatic rings. The lowest BCUT2D eigenvalue weighted by molar-refractivity contribution is -0.384. The van der Waals surface area contributed by atoms with Crippen molar-refractivity contribution in [3.8, 4) is 0 Å². The molecule has 0 bridgehead atoms. The smallest absolute Gasteiger partial charge is 0.293 e. The van der Waals surface area contributed by atoms with Crippen LogP contribution in [0.2, 0.25) is 0 Å². The number of nitrogens with one attached hydrogen (secondary N) is 1. The predicted octanol–water partition coefficient (Wildman–Crippen LogP) is 4.20. The number of anilines is 1. The molecule has 2 rings (SSSR count). The summed E-state index contributed by atoms with van der Waals surface area (Å²) in [6, 6.07) is 5.49. The molecule has 1 aromatic carbocycles. The van der Waals surface area contributed by atoms with Crippen LogP contribution < -0.4 is 5.32 Å². The average molecular weight is 313 g/mol. The topological polar surface area (TPSA) is 55.2 Å². The van der Waals surface area contributed by atoms with Gasteiger partial charge in [0.15, 0.2) is 0 Å². The minimum Gasteiger partial charge on any atom is -0.376 e. The Bertz CT molecular complexity index is 464. The van der Waals surface area contributed by atoms with Crippen molar-refractivity contribution in [2.24, 2.45) is 11.8 Å². The maximum atomic E-state index is 11.0. The number of benzene rings is 1. The summed E-state index contributed by atoms with van der Waals surface area (Å²) in [7, 11) is 0. The van der Waals surface area contributed by atoms with Crippen molar-refractivity contribution in [1.82, 2.24) is 0 Å². The minimum absolute atomic E-state index is 0.135. The molecule has 18 heavy (non-hydrogen) atoms. The summed E-state index contributed by atoms with van der Waals surface area (Å²) < 4.78 is 0.729. The Balaban J connectivity index is 2.21. The van der Waals surface area contributed by atoms with E-state index in [0.29, 0.717) is 23.6 Å². The summed E-state index contributed by atoms with van der Waals surface area (Å²) in [5.74, 6) is 1.23. The van der Waals surface area contributed by atoms with Crippen molar-refractivity contribution in [2.75, 3.05) is 5.32 Å². The Morgan fingerprint density at radius 1 is 1.39 bits per heavy atom. The van der Waals surface area contributed by atoms with Gasteiger partial charge in [-0.3, -0.25) is 10.1 Å². The van der Waals surface area contributed by atoms with E-state index in [9.17, 15) is 10.1 Å². The van der Waals surface area contributed by atoms with Gasteiger partial charge in [-0.15, -0.1) is 0 Å². The van der Waals surface area contributed by atoms with E-state index in [2.05, 4.69) is 35.1 Å². The second-order valence-electron chi connectivity index (χ2n) is 5.08. The van der Waals surface area contributed by atoms with E-state index in [4.69, 9.17) is 0 Å². The van der Waals surface area contributed by atoms with Crippen LogP contribution in [0.4, 0.5) is 11.4 Å². The first-order chi connectivity index (χ1) is 8.49. The van der Waals surface area contributed by atoms with Crippen LogP contribution in [-0.2, 0) is 0 Å². The largest absolute Gasteiger partial charge is 0.376 e. The van der Waals surface area contributed by atoms with E-state index >= 15 is 0 Å². The SMILES string of the molecule is CC1CCC(Nc2ccc(Br)cc2[N+](=O)[O-])C1C. The highest BCUT2D eigenvalue weighted by atomic mass is 79.9. The Kier molecular flexibility index (Phi) is 3.90. The molecule has 0 radical (unpaired) electrons. The monoisotopic (exact) mass is 312 g/mol. The van der Waals surface area contributed by atoms with Crippen LogP contribution in [0, 0.1) is 22.0 Å². The molecule has 3 unspecified atom stereocenters. The molecule has 4 nitrogen and oxygen atoms in total. The standard InChI is InChI=1S/C13H17BrN2O2/c1-8-3-5-11(9(8)2)15-12-6-4-10(14)7-13(12)16(17)18/h4,6-9,11,15H,3,5H2,1-2H3. The van der Waals surface area contributed by atoms with Gasteiger partial charge in [0.25, 0.3) is 5.69 Å². The van der Waals surface area contributed by atoms with Crippen molar-refractivity contribution in [2.45, 2.75) is 32.7 Å². The summed E-state index contributed by atoms with van der Waals surface area (Å²) in [5, 5.41) is 14.4. The average Bonchev–Trinajstić information content (AvgIpc) is 2.63. The van der Waals surface area contributed by atoms with Gasteiger partial charge in [-0.2, -0.15) is 0 Å². The third-order valence-electron chi connectivity index (χ3n) is 3.96. The maximum Gasteiger partial charge on any atom is 0.293 e. The summed E-state index contributed by atoms with van der Waals surface area (Å²) >= 11 is 3.27. The number of halogens is 1. The highest BCUT2D eigenvalue weighted by molar-refractivity contribution is 9.10. The molecule has 0 aromatic heterocycles.